The van der Waals surface area contributed by atoms with Crippen LogP contribution in [0.5, 0.6) is 17.2 Å². The lowest BCUT2D eigenvalue weighted by Gasteiger charge is -2.12. The van der Waals surface area contributed by atoms with Crippen LogP contribution in [0.4, 0.5) is 10.1 Å². The molecule has 2 rings (SSSR count). The Balaban J connectivity index is 2.25. The van der Waals surface area contributed by atoms with Crippen LogP contribution in [-0.4, -0.2) is 6.61 Å². The van der Waals surface area contributed by atoms with E-state index in [1.807, 2.05) is 31.2 Å². The van der Waals surface area contributed by atoms with Crippen molar-refractivity contribution in [3.8, 4) is 17.2 Å². The van der Waals surface area contributed by atoms with Crippen LogP contribution in [0.2, 0.25) is 0 Å². The van der Waals surface area contributed by atoms with Crippen molar-refractivity contribution in [3.63, 3.8) is 0 Å². The molecule has 0 radical (unpaired) electrons. The van der Waals surface area contributed by atoms with Crippen molar-refractivity contribution in [2.75, 3.05) is 12.3 Å². The van der Waals surface area contributed by atoms with Gasteiger partial charge in [0.05, 0.1) is 12.3 Å². The van der Waals surface area contributed by atoms with E-state index in [9.17, 15) is 4.39 Å². The lowest BCUT2D eigenvalue weighted by Crippen LogP contribution is -2.00. The zero-order valence-electron chi connectivity index (χ0n) is 12.4. The van der Waals surface area contributed by atoms with Gasteiger partial charge in [-0.15, -0.1) is 0 Å². The van der Waals surface area contributed by atoms with Crippen molar-refractivity contribution >= 4 is 5.69 Å². The smallest absolute Gasteiger partial charge is 0.167 e. The minimum absolute atomic E-state index is 0.160. The molecule has 0 heterocycles. The van der Waals surface area contributed by atoms with Gasteiger partial charge in [-0.25, -0.2) is 4.39 Å². The Kier molecular flexibility index (Phi) is 5.04. The van der Waals surface area contributed by atoms with E-state index in [-0.39, 0.29) is 11.4 Å². The highest BCUT2D eigenvalue weighted by Gasteiger charge is 2.11. The number of halogens is 1. The van der Waals surface area contributed by atoms with E-state index in [4.69, 9.17) is 15.2 Å². The van der Waals surface area contributed by atoms with Crippen molar-refractivity contribution < 1.29 is 13.9 Å². The maximum Gasteiger partial charge on any atom is 0.167 e. The normalized spacial score (nSPS) is 10.4. The fourth-order valence-corrected chi connectivity index (χ4v) is 1.92. The Bertz CT molecular complexity index is 614. The molecule has 0 saturated carbocycles. The first-order valence-corrected chi connectivity index (χ1v) is 7.12. The van der Waals surface area contributed by atoms with Gasteiger partial charge in [0.25, 0.3) is 0 Å². The van der Waals surface area contributed by atoms with Crippen molar-refractivity contribution in [2.24, 2.45) is 0 Å². The summed E-state index contributed by atoms with van der Waals surface area (Å²) in [5.74, 6) is 0.758. The molecule has 3 nitrogen and oxygen atoms in total. The molecule has 112 valence electrons. The molecule has 0 aliphatic carbocycles. The maximum absolute atomic E-state index is 13.8. The molecule has 2 aromatic rings. The number of ether oxygens (including phenoxy) is 2. The van der Waals surface area contributed by atoms with Crippen LogP contribution >= 0.6 is 0 Å². The third-order valence-corrected chi connectivity index (χ3v) is 3.06. The van der Waals surface area contributed by atoms with Crippen LogP contribution in [0, 0.1) is 5.82 Å². The van der Waals surface area contributed by atoms with E-state index in [1.165, 1.54) is 12.1 Å². The fourth-order valence-electron chi connectivity index (χ4n) is 1.92. The van der Waals surface area contributed by atoms with Crippen molar-refractivity contribution in [1.29, 1.82) is 0 Å². The largest absolute Gasteiger partial charge is 0.490 e. The molecule has 0 atom stereocenters. The summed E-state index contributed by atoms with van der Waals surface area (Å²) in [5.41, 5.74) is 7.23. The van der Waals surface area contributed by atoms with Gasteiger partial charge in [0.1, 0.15) is 5.75 Å². The lowest BCUT2D eigenvalue weighted by molar-refractivity contribution is 0.300. The molecule has 0 bridgehead atoms. The van der Waals surface area contributed by atoms with Crippen LogP contribution < -0.4 is 15.2 Å². The number of rotatable bonds is 6. The Hall–Kier alpha value is -2.23. The standard InChI is InChI=1S/C17H20FNO2/c1-3-8-20-16-11-17(15(19)10-14(16)18)21-13-7-5-6-12(4-2)9-13/h5-7,9-11H,3-4,8,19H2,1-2H3. The van der Waals surface area contributed by atoms with Gasteiger partial charge >= 0.3 is 0 Å². The third-order valence-electron chi connectivity index (χ3n) is 3.06. The topological polar surface area (TPSA) is 44.5 Å². The molecule has 0 unspecified atom stereocenters. The third kappa shape index (κ3) is 3.88. The summed E-state index contributed by atoms with van der Waals surface area (Å²) in [6.07, 6.45) is 1.72. The second kappa shape index (κ2) is 6.97. The summed E-state index contributed by atoms with van der Waals surface area (Å²) in [7, 11) is 0. The Labute approximate surface area is 124 Å². The molecule has 2 N–H and O–H groups in total. The summed E-state index contributed by atoms with van der Waals surface area (Å²) < 4.78 is 24.9. The van der Waals surface area contributed by atoms with E-state index in [1.54, 1.807) is 0 Å². The van der Waals surface area contributed by atoms with E-state index in [0.29, 0.717) is 18.1 Å². The van der Waals surface area contributed by atoms with Crippen molar-refractivity contribution in [2.45, 2.75) is 26.7 Å². The van der Waals surface area contributed by atoms with Gasteiger partial charge < -0.3 is 15.2 Å². The van der Waals surface area contributed by atoms with E-state index in [0.717, 1.165) is 18.4 Å². The molecule has 4 heteroatoms. The summed E-state index contributed by atoms with van der Waals surface area (Å²) in [6.45, 7) is 4.48. The zero-order chi connectivity index (χ0) is 15.2. The monoisotopic (exact) mass is 289 g/mol. The van der Waals surface area contributed by atoms with Gasteiger partial charge in [0.15, 0.2) is 17.3 Å². The summed E-state index contributed by atoms with van der Waals surface area (Å²) in [5, 5.41) is 0. The second-order valence-corrected chi connectivity index (χ2v) is 4.77. The first-order chi connectivity index (χ1) is 10.1. The van der Waals surface area contributed by atoms with Gasteiger partial charge in [-0.3, -0.25) is 0 Å². The number of hydrogen-bond acceptors (Lipinski definition) is 3. The molecular weight excluding hydrogens is 269 g/mol. The Morgan fingerprint density at radius 2 is 1.90 bits per heavy atom. The Morgan fingerprint density at radius 1 is 1.10 bits per heavy atom. The number of aryl methyl sites for hydroxylation is 1. The molecule has 21 heavy (non-hydrogen) atoms. The molecule has 2 aromatic carbocycles. The predicted octanol–water partition coefficient (Wildman–Crippen LogP) is 4.55. The number of anilines is 1. The molecule has 0 spiro atoms. The Morgan fingerprint density at radius 3 is 2.62 bits per heavy atom. The van der Waals surface area contributed by atoms with Gasteiger partial charge in [-0.1, -0.05) is 26.0 Å². The van der Waals surface area contributed by atoms with Gasteiger partial charge in [0, 0.05) is 12.1 Å². The first-order valence-electron chi connectivity index (χ1n) is 7.12. The highest BCUT2D eigenvalue weighted by molar-refractivity contribution is 5.57. The highest BCUT2D eigenvalue weighted by Crippen LogP contribution is 2.33. The van der Waals surface area contributed by atoms with Crippen molar-refractivity contribution in [1.82, 2.24) is 0 Å². The van der Waals surface area contributed by atoms with Gasteiger partial charge in [-0.2, -0.15) is 0 Å². The number of nitrogens with two attached hydrogens (primary N) is 1. The van der Waals surface area contributed by atoms with E-state index >= 15 is 0 Å². The molecular formula is C17H20FNO2. The summed E-state index contributed by atoms with van der Waals surface area (Å²) in [6, 6.07) is 10.5. The van der Waals surface area contributed by atoms with Crippen LogP contribution in [0.25, 0.3) is 0 Å². The van der Waals surface area contributed by atoms with Crippen LogP contribution in [0.15, 0.2) is 36.4 Å². The predicted molar refractivity (Wildman–Crippen MR) is 82.5 cm³/mol. The van der Waals surface area contributed by atoms with Gasteiger partial charge in [0.2, 0.25) is 0 Å². The quantitative estimate of drug-likeness (QED) is 0.793. The zero-order valence-corrected chi connectivity index (χ0v) is 12.4. The second-order valence-electron chi connectivity index (χ2n) is 4.77. The van der Waals surface area contributed by atoms with E-state index < -0.39 is 5.82 Å². The minimum Gasteiger partial charge on any atom is -0.490 e. The van der Waals surface area contributed by atoms with Gasteiger partial charge in [-0.05, 0) is 30.5 Å². The molecule has 0 saturated heterocycles. The highest BCUT2D eigenvalue weighted by atomic mass is 19.1. The van der Waals surface area contributed by atoms with Crippen LogP contribution in [0.1, 0.15) is 25.8 Å². The average Bonchev–Trinajstić information content (AvgIpc) is 2.49. The summed E-state index contributed by atoms with van der Waals surface area (Å²) >= 11 is 0. The molecule has 0 aliphatic rings. The summed E-state index contributed by atoms with van der Waals surface area (Å²) in [4.78, 5) is 0. The maximum atomic E-state index is 13.8. The number of hydrogen-bond donors (Lipinski definition) is 1. The van der Waals surface area contributed by atoms with Crippen LogP contribution in [0.3, 0.4) is 0 Å². The van der Waals surface area contributed by atoms with E-state index in [2.05, 4.69) is 6.92 Å². The molecule has 0 aromatic heterocycles. The minimum atomic E-state index is -0.476. The molecule has 0 aliphatic heterocycles. The van der Waals surface area contributed by atoms with Crippen molar-refractivity contribution in [3.05, 3.63) is 47.8 Å². The first kappa shape index (κ1) is 15.2. The average molecular weight is 289 g/mol. The number of nitrogen functional groups attached to an aromatic ring is 1. The molecule has 0 fully saturated rings. The lowest BCUT2D eigenvalue weighted by atomic mass is 10.2. The molecule has 0 amide bonds. The fraction of sp³-hybridized carbons (Fsp3) is 0.294. The SMILES string of the molecule is CCCOc1cc(Oc2cccc(CC)c2)c(N)cc1F. The number of benzene rings is 2. The van der Waals surface area contributed by atoms with Crippen LogP contribution in [-0.2, 0) is 6.42 Å².